The molecule has 0 aromatic carbocycles. The van der Waals surface area contributed by atoms with Gasteiger partial charge in [0.2, 0.25) is 0 Å². The molecule has 0 aliphatic rings. The van der Waals surface area contributed by atoms with Gasteiger partial charge in [0, 0.05) is 34.5 Å². The van der Waals surface area contributed by atoms with Crippen molar-refractivity contribution < 1.29 is 21.8 Å². The molecule has 0 rings (SSSR count). The van der Waals surface area contributed by atoms with Gasteiger partial charge >= 0.3 is 18.3 Å². The number of nitrogens with zero attached hydrogens (tertiary/aromatic N) is 1. The van der Waals surface area contributed by atoms with Crippen LogP contribution >= 0.6 is 0 Å². The first-order valence-corrected chi connectivity index (χ1v) is 10.0. The number of hydrogen-bond acceptors (Lipinski definition) is 6. The average Bonchev–Trinajstić information content (AvgIpc) is 2.47. The smallest absolute Gasteiger partial charge is 0.380 e. The first-order chi connectivity index (χ1) is 9.11. The van der Waals surface area contributed by atoms with Crippen LogP contribution in [0.1, 0.15) is 20.3 Å². The van der Waals surface area contributed by atoms with Crippen LogP contribution in [-0.4, -0.2) is 71.3 Å². The molecule has 0 aromatic heterocycles. The van der Waals surface area contributed by atoms with E-state index in [4.69, 9.17) is 21.8 Å². The van der Waals surface area contributed by atoms with Gasteiger partial charge < -0.3 is 26.7 Å². The maximum atomic E-state index is 5.85. The molecular formula is C11H29NO5Si2. The number of rotatable bonds is 12. The van der Waals surface area contributed by atoms with E-state index in [0.29, 0.717) is 0 Å². The van der Waals surface area contributed by atoms with Crippen molar-refractivity contribution in [1.82, 2.24) is 4.90 Å². The Morgan fingerprint density at radius 3 is 1.84 bits per heavy atom. The van der Waals surface area contributed by atoms with Crippen molar-refractivity contribution in [1.29, 1.82) is 0 Å². The molecule has 0 amide bonds. The van der Waals surface area contributed by atoms with E-state index in [1.165, 1.54) is 0 Å². The molecule has 0 spiro atoms. The van der Waals surface area contributed by atoms with Crippen molar-refractivity contribution >= 4 is 18.3 Å². The summed E-state index contributed by atoms with van der Waals surface area (Å²) in [5.74, 6) is 0. The molecule has 0 aromatic rings. The fourth-order valence-electron chi connectivity index (χ4n) is 1.84. The fourth-order valence-corrected chi connectivity index (χ4v) is 6.38. The molecule has 0 aliphatic carbocycles. The van der Waals surface area contributed by atoms with Gasteiger partial charge in [0.1, 0.15) is 0 Å². The second kappa shape index (κ2) is 10.9. The van der Waals surface area contributed by atoms with E-state index in [1.54, 1.807) is 28.4 Å². The minimum absolute atomic E-state index is 0.771. The summed E-state index contributed by atoms with van der Waals surface area (Å²) in [6.07, 6.45) is 0.976. The van der Waals surface area contributed by atoms with Gasteiger partial charge in [-0.15, -0.1) is 0 Å². The standard InChI is InChI=1S/C11H29NO5Si2/c1-7-12(8-2)10-9-11-19(15-5,16-6)17-18(13-3)14-4/h18H,7-11H2,1-6H3. The zero-order chi connectivity index (χ0) is 14.7. The average molecular weight is 312 g/mol. The quantitative estimate of drug-likeness (QED) is 0.501. The Balaban J connectivity index is 4.36. The monoisotopic (exact) mass is 311 g/mol. The molecule has 6 nitrogen and oxygen atoms in total. The first kappa shape index (κ1) is 19.2. The molecule has 0 bridgehead atoms. The molecule has 0 N–H and O–H groups in total. The third-order valence-corrected chi connectivity index (χ3v) is 8.32. The van der Waals surface area contributed by atoms with Crippen LogP contribution in [0.25, 0.3) is 0 Å². The summed E-state index contributed by atoms with van der Waals surface area (Å²) in [6.45, 7) is 7.45. The lowest BCUT2D eigenvalue weighted by atomic mass is 10.4. The Kier molecular flexibility index (Phi) is 11.0. The van der Waals surface area contributed by atoms with Crippen LogP contribution in [0.4, 0.5) is 0 Å². The van der Waals surface area contributed by atoms with E-state index in [2.05, 4.69) is 18.7 Å². The van der Waals surface area contributed by atoms with Gasteiger partial charge in [-0.2, -0.15) is 0 Å². The molecular weight excluding hydrogens is 282 g/mol. The zero-order valence-electron chi connectivity index (χ0n) is 13.1. The molecule has 0 saturated heterocycles. The third kappa shape index (κ3) is 6.95. The van der Waals surface area contributed by atoms with Crippen molar-refractivity contribution in [3.05, 3.63) is 0 Å². The number of hydrogen-bond donors (Lipinski definition) is 0. The minimum atomic E-state index is -2.66. The van der Waals surface area contributed by atoms with Crippen LogP contribution in [0.15, 0.2) is 0 Å². The second-order valence-electron chi connectivity index (χ2n) is 4.10. The summed E-state index contributed by atoms with van der Waals surface area (Å²) in [5.41, 5.74) is 0. The van der Waals surface area contributed by atoms with Gasteiger partial charge in [-0.25, -0.2) is 0 Å². The van der Waals surface area contributed by atoms with Gasteiger partial charge in [0.05, 0.1) is 0 Å². The molecule has 0 atom stereocenters. The summed E-state index contributed by atoms with van der Waals surface area (Å²) in [7, 11) is 1.63. The summed E-state index contributed by atoms with van der Waals surface area (Å²) in [6, 6.07) is 0.771. The van der Waals surface area contributed by atoms with Crippen molar-refractivity contribution in [2.24, 2.45) is 0 Å². The highest BCUT2D eigenvalue weighted by Gasteiger charge is 2.42. The molecule has 0 saturated carbocycles. The van der Waals surface area contributed by atoms with Crippen molar-refractivity contribution in [2.75, 3.05) is 48.1 Å². The topological polar surface area (TPSA) is 49.4 Å². The van der Waals surface area contributed by atoms with Gasteiger partial charge in [-0.1, -0.05) is 13.8 Å². The molecule has 0 radical (unpaired) electrons. The normalized spacial score (nSPS) is 12.6. The maximum absolute atomic E-state index is 5.85. The van der Waals surface area contributed by atoms with Gasteiger partial charge in [-0.3, -0.25) is 0 Å². The highest BCUT2D eigenvalue weighted by atomic mass is 28.4. The van der Waals surface area contributed by atoms with Crippen LogP contribution in [0.3, 0.4) is 0 Å². The van der Waals surface area contributed by atoms with E-state index in [0.717, 1.165) is 32.1 Å². The van der Waals surface area contributed by atoms with Crippen LogP contribution in [-0.2, 0) is 21.8 Å². The fraction of sp³-hybridized carbons (Fsp3) is 1.00. The lowest BCUT2D eigenvalue weighted by Crippen LogP contribution is -2.49. The van der Waals surface area contributed by atoms with Gasteiger partial charge in [-0.05, 0) is 26.1 Å². The van der Waals surface area contributed by atoms with E-state index in [9.17, 15) is 0 Å². The molecule has 0 fully saturated rings. The maximum Gasteiger partial charge on any atom is 0.492 e. The van der Waals surface area contributed by atoms with Crippen LogP contribution in [0.5, 0.6) is 0 Å². The summed E-state index contributed by atoms with van der Waals surface area (Å²) in [5, 5.41) is 0. The van der Waals surface area contributed by atoms with Crippen LogP contribution in [0.2, 0.25) is 6.04 Å². The lowest BCUT2D eigenvalue weighted by Gasteiger charge is -2.29. The van der Waals surface area contributed by atoms with E-state index in [-0.39, 0.29) is 0 Å². The highest BCUT2D eigenvalue weighted by Crippen LogP contribution is 2.18. The summed E-state index contributed by atoms with van der Waals surface area (Å²) in [4.78, 5) is 2.37. The van der Waals surface area contributed by atoms with Crippen molar-refractivity contribution in [3.63, 3.8) is 0 Å². The SMILES string of the molecule is CCN(CC)CCC[Si](OC)(OC)O[SiH](OC)OC. The minimum Gasteiger partial charge on any atom is -0.380 e. The first-order valence-electron chi connectivity index (χ1n) is 6.67. The van der Waals surface area contributed by atoms with Crippen molar-refractivity contribution in [2.45, 2.75) is 26.3 Å². The lowest BCUT2D eigenvalue weighted by molar-refractivity contribution is 0.108. The third-order valence-electron chi connectivity index (χ3n) is 3.13. The predicted octanol–water partition coefficient (Wildman–Crippen LogP) is 0.977. The molecule has 116 valence electrons. The zero-order valence-corrected chi connectivity index (χ0v) is 15.3. The molecule has 19 heavy (non-hydrogen) atoms. The second-order valence-corrected chi connectivity index (χ2v) is 9.25. The molecule has 0 heterocycles. The van der Waals surface area contributed by atoms with Crippen molar-refractivity contribution in [3.8, 4) is 0 Å². The Bertz CT molecular complexity index is 211. The van der Waals surface area contributed by atoms with E-state index in [1.807, 2.05) is 0 Å². The molecule has 0 aliphatic heterocycles. The summed E-state index contributed by atoms with van der Waals surface area (Å²) < 4.78 is 27.3. The Morgan fingerprint density at radius 2 is 1.47 bits per heavy atom. The molecule has 0 unspecified atom stereocenters. The Hall–Kier alpha value is 0.194. The Morgan fingerprint density at radius 1 is 0.947 bits per heavy atom. The highest BCUT2D eigenvalue weighted by molar-refractivity contribution is 6.67. The van der Waals surface area contributed by atoms with Gasteiger partial charge in [0.15, 0.2) is 0 Å². The largest absolute Gasteiger partial charge is 0.492 e. The predicted molar refractivity (Wildman–Crippen MR) is 79.2 cm³/mol. The van der Waals surface area contributed by atoms with Gasteiger partial charge in [0.25, 0.3) is 0 Å². The van der Waals surface area contributed by atoms with Crippen LogP contribution < -0.4 is 0 Å². The Labute approximate surface area is 120 Å². The molecule has 8 heteroatoms. The van der Waals surface area contributed by atoms with E-state index < -0.39 is 18.3 Å². The summed E-state index contributed by atoms with van der Waals surface area (Å²) >= 11 is 0. The van der Waals surface area contributed by atoms with Crippen LogP contribution in [0, 0.1) is 0 Å². The van der Waals surface area contributed by atoms with E-state index >= 15 is 0 Å².